The molecule has 0 aliphatic carbocycles. The van der Waals surface area contributed by atoms with Gasteiger partial charge in [0.15, 0.2) is 0 Å². The quantitative estimate of drug-likeness (QED) is 0.362. The highest BCUT2D eigenvalue weighted by atomic mass is 35.5. The zero-order chi connectivity index (χ0) is 11.7. The average Bonchev–Trinajstić information content (AvgIpc) is 2.22. The molecule has 0 rings (SSSR count). The molecule has 3 heteroatoms. The Kier molecular flexibility index (Phi) is 8.88. The highest BCUT2D eigenvalue weighted by Gasteiger charge is 2.16. The van der Waals surface area contributed by atoms with Gasteiger partial charge in [0.25, 0.3) is 0 Å². The summed E-state index contributed by atoms with van der Waals surface area (Å²) in [5.74, 6) is -0.293. The average molecular weight is 235 g/mol. The third-order valence-electron chi connectivity index (χ3n) is 2.44. The van der Waals surface area contributed by atoms with Crippen LogP contribution in [0.25, 0.3) is 0 Å². The summed E-state index contributed by atoms with van der Waals surface area (Å²) in [6, 6.07) is 0. The van der Waals surface area contributed by atoms with Crippen molar-refractivity contribution in [1.82, 2.24) is 0 Å². The fraction of sp³-hybridized carbons (Fsp3) is 0.917. The zero-order valence-corrected chi connectivity index (χ0v) is 10.8. The van der Waals surface area contributed by atoms with Gasteiger partial charge in [-0.25, -0.2) is 0 Å². The van der Waals surface area contributed by atoms with Gasteiger partial charge in [-0.1, -0.05) is 33.1 Å². The lowest BCUT2D eigenvalue weighted by atomic mass is 10.1. The van der Waals surface area contributed by atoms with Crippen molar-refractivity contribution in [2.24, 2.45) is 0 Å². The Bertz CT molecular complexity index is 169. The van der Waals surface area contributed by atoms with Crippen LogP contribution < -0.4 is 0 Å². The van der Waals surface area contributed by atoms with E-state index in [1.807, 2.05) is 6.92 Å². The van der Waals surface area contributed by atoms with Crippen LogP contribution in [-0.2, 0) is 9.53 Å². The van der Waals surface area contributed by atoms with Gasteiger partial charge in [-0.3, -0.25) is 4.79 Å². The predicted molar refractivity (Wildman–Crippen MR) is 64.2 cm³/mol. The van der Waals surface area contributed by atoms with Crippen molar-refractivity contribution >= 4 is 17.6 Å². The molecule has 0 fully saturated rings. The molecular formula is C12H23ClO2. The second-order valence-electron chi connectivity index (χ2n) is 3.93. The molecule has 0 aliphatic rings. The molecule has 0 radical (unpaired) electrons. The number of unbranched alkanes of at least 4 members (excludes halogenated alkanes) is 3. The van der Waals surface area contributed by atoms with Crippen molar-refractivity contribution in [3.63, 3.8) is 0 Å². The molecule has 2 nitrogen and oxygen atoms in total. The van der Waals surface area contributed by atoms with E-state index in [0.717, 1.165) is 19.3 Å². The highest BCUT2D eigenvalue weighted by molar-refractivity contribution is 6.29. The minimum absolute atomic E-state index is 0.0514. The van der Waals surface area contributed by atoms with Crippen molar-refractivity contribution in [3.05, 3.63) is 0 Å². The number of halogens is 1. The molecule has 0 aromatic rings. The van der Waals surface area contributed by atoms with Crippen molar-refractivity contribution in [3.8, 4) is 0 Å². The van der Waals surface area contributed by atoms with Gasteiger partial charge in [-0.2, -0.15) is 0 Å². The SMILES string of the molecule is CCCCCCC(CC)OC(=O)C(C)Cl. The van der Waals surface area contributed by atoms with Gasteiger partial charge in [0.1, 0.15) is 11.5 Å². The summed E-state index contributed by atoms with van der Waals surface area (Å²) >= 11 is 5.64. The smallest absolute Gasteiger partial charge is 0.324 e. The Morgan fingerprint density at radius 1 is 1.27 bits per heavy atom. The zero-order valence-electron chi connectivity index (χ0n) is 10.1. The van der Waals surface area contributed by atoms with Crippen LogP contribution in [0.4, 0.5) is 0 Å². The Morgan fingerprint density at radius 3 is 2.40 bits per heavy atom. The fourth-order valence-corrected chi connectivity index (χ4v) is 1.45. The van der Waals surface area contributed by atoms with Crippen molar-refractivity contribution in [2.45, 2.75) is 70.8 Å². The molecule has 0 spiro atoms. The van der Waals surface area contributed by atoms with Crippen LogP contribution in [0.2, 0.25) is 0 Å². The minimum atomic E-state index is -0.533. The van der Waals surface area contributed by atoms with Gasteiger partial charge >= 0.3 is 5.97 Å². The molecule has 15 heavy (non-hydrogen) atoms. The largest absolute Gasteiger partial charge is 0.461 e. The Morgan fingerprint density at radius 2 is 1.93 bits per heavy atom. The molecule has 2 atom stereocenters. The maximum absolute atomic E-state index is 11.2. The van der Waals surface area contributed by atoms with Crippen LogP contribution >= 0.6 is 11.6 Å². The van der Waals surface area contributed by atoms with Crippen molar-refractivity contribution in [1.29, 1.82) is 0 Å². The lowest BCUT2D eigenvalue weighted by Gasteiger charge is -2.16. The van der Waals surface area contributed by atoms with Crippen LogP contribution in [0, 0.1) is 0 Å². The monoisotopic (exact) mass is 234 g/mol. The molecule has 0 saturated heterocycles. The first-order valence-corrected chi connectivity index (χ1v) is 6.40. The summed E-state index contributed by atoms with van der Waals surface area (Å²) in [6.07, 6.45) is 6.74. The molecule has 0 saturated carbocycles. The lowest BCUT2D eigenvalue weighted by Crippen LogP contribution is -2.22. The fourth-order valence-electron chi connectivity index (χ4n) is 1.40. The lowest BCUT2D eigenvalue weighted by molar-refractivity contribution is -0.148. The number of hydrogen-bond acceptors (Lipinski definition) is 2. The van der Waals surface area contributed by atoms with Gasteiger partial charge in [-0.05, 0) is 26.2 Å². The van der Waals surface area contributed by atoms with Gasteiger partial charge in [0, 0.05) is 0 Å². The molecule has 0 heterocycles. The summed E-state index contributed by atoms with van der Waals surface area (Å²) in [7, 11) is 0. The second-order valence-corrected chi connectivity index (χ2v) is 4.59. The Balaban J connectivity index is 3.68. The van der Waals surface area contributed by atoms with Crippen molar-refractivity contribution < 1.29 is 9.53 Å². The number of hydrogen-bond donors (Lipinski definition) is 0. The first-order valence-electron chi connectivity index (χ1n) is 5.96. The van der Waals surface area contributed by atoms with Gasteiger partial charge in [0.2, 0.25) is 0 Å². The van der Waals surface area contributed by atoms with Gasteiger partial charge in [-0.15, -0.1) is 11.6 Å². The van der Waals surface area contributed by atoms with E-state index in [-0.39, 0.29) is 12.1 Å². The molecular weight excluding hydrogens is 212 g/mol. The number of alkyl halides is 1. The maximum Gasteiger partial charge on any atom is 0.324 e. The molecule has 0 N–H and O–H groups in total. The minimum Gasteiger partial charge on any atom is -0.461 e. The van der Waals surface area contributed by atoms with E-state index in [9.17, 15) is 4.79 Å². The van der Waals surface area contributed by atoms with E-state index in [0.29, 0.717) is 0 Å². The summed E-state index contributed by atoms with van der Waals surface area (Å²) in [4.78, 5) is 11.2. The summed E-state index contributed by atoms with van der Waals surface area (Å²) in [6.45, 7) is 5.87. The molecule has 2 unspecified atom stereocenters. The Hall–Kier alpha value is -0.240. The normalized spacial score (nSPS) is 14.7. The molecule has 0 amide bonds. The summed E-state index contributed by atoms with van der Waals surface area (Å²) in [5, 5.41) is -0.533. The molecule has 0 aliphatic heterocycles. The number of ether oxygens (including phenoxy) is 1. The van der Waals surface area contributed by atoms with Gasteiger partial charge in [0.05, 0.1) is 0 Å². The number of rotatable bonds is 8. The molecule has 0 bridgehead atoms. The topological polar surface area (TPSA) is 26.3 Å². The highest BCUT2D eigenvalue weighted by Crippen LogP contribution is 2.12. The van der Waals surface area contributed by atoms with Crippen LogP contribution in [0.5, 0.6) is 0 Å². The molecule has 90 valence electrons. The van der Waals surface area contributed by atoms with E-state index >= 15 is 0 Å². The summed E-state index contributed by atoms with van der Waals surface area (Å²) in [5.41, 5.74) is 0. The van der Waals surface area contributed by atoms with Gasteiger partial charge < -0.3 is 4.74 Å². The maximum atomic E-state index is 11.2. The number of carbonyl (C=O) groups excluding carboxylic acids is 1. The summed E-state index contributed by atoms with van der Waals surface area (Å²) < 4.78 is 5.27. The molecule has 0 aromatic carbocycles. The van der Waals surface area contributed by atoms with E-state index in [1.54, 1.807) is 6.92 Å². The van der Waals surface area contributed by atoms with E-state index in [1.165, 1.54) is 19.3 Å². The molecule has 0 aromatic heterocycles. The van der Waals surface area contributed by atoms with Crippen LogP contribution in [0.3, 0.4) is 0 Å². The number of esters is 1. The third kappa shape index (κ3) is 7.66. The van der Waals surface area contributed by atoms with Crippen LogP contribution in [0.15, 0.2) is 0 Å². The first kappa shape index (κ1) is 14.8. The van der Waals surface area contributed by atoms with E-state index in [4.69, 9.17) is 16.3 Å². The van der Waals surface area contributed by atoms with E-state index < -0.39 is 5.38 Å². The van der Waals surface area contributed by atoms with Crippen LogP contribution in [0.1, 0.15) is 59.3 Å². The number of carbonyl (C=O) groups is 1. The van der Waals surface area contributed by atoms with Crippen molar-refractivity contribution in [2.75, 3.05) is 0 Å². The second kappa shape index (κ2) is 9.02. The Labute approximate surface area is 98.3 Å². The van der Waals surface area contributed by atoms with E-state index in [2.05, 4.69) is 6.92 Å². The predicted octanol–water partition coefficient (Wildman–Crippen LogP) is 3.91. The van der Waals surface area contributed by atoms with Crippen LogP contribution in [-0.4, -0.2) is 17.5 Å². The standard InChI is InChI=1S/C12H23ClO2/c1-4-6-7-8-9-11(5-2)15-12(14)10(3)13/h10-11H,4-9H2,1-3H3. The first-order chi connectivity index (χ1) is 7.11. The third-order valence-corrected chi connectivity index (χ3v) is 2.62.